The molecule has 3 rings (SSSR count). The second kappa shape index (κ2) is 8.15. The van der Waals surface area contributed by atoms with Crippen molar-refractivity contribution < 1.29 is 9.53 Å². The summed E-state index contributed by atoms with van der Waals surface area (Å²) in [6.45, 7) is 0. The number of anilines is 1. The Morgan fingerprint density at radius 3 is 2.08 bits per heavy atom. The maximum atomic E-state index is 12.7. The summed E-state index contributed by atoms with van der Waals surface area (Å²) in [5.41, 5.74) is 2.77. The second-order valence-electron chi connectivity index (χ2n) is 5.83. The smallest absolute Gasteiger partial charge is 0.165 e. The average Bonchev–Trinajstić information content (AvgIpc) is 2.69. The maximum absolute atomic E-state index is 12.7. The number of nitrogens with one attached hydrogen (secondary N) is 1. The van der Waals surface area contributed by atoms with Crippen LogP contribution in [0.3, 0.4) is 0 Å². The summed E-state index contributed by atoms with van der Waals surface area (Å²) in [5.74, 6) is 0.918. The number of para-hydroxylation sites is 1. The standard InChI is InChI=1S/C22H21NO2/c1-25-20-14-12-17(13-15-20)21(23-19-10-6-3-7-11-19)16-22(24)18-8-4-2-5-9-18/h2-15,21,23H,16H2,1H3/t21-/m1/s1. The molecule has 1 atom stereocenters. The first-order valence-corrected chi connectivity index (χ1v) is 8.30. The molecule has 0 radical (unpaired) electrons. The Balaban J connectivity index is 1.84. The molecule has 126 valence electrons. The Kier molecular flexibility index (Phi) is 5.47. The van der Waals surface area contributed by atoms with Gasteiger partial charge in [0.05, 0.1) is 13.2 Å². The van der Waals surface area contributed by atoms with Crippen molar-refractivity contribution in [1.29, 1.82) is 0 Å². The SMILES string of the molecule is COc1ccc([C@@H](CC(=O)c2ccccc2)Nc2ccccc2)cc1. The number of Topliss-reactive ketones (excluding diaryl/α,β-unsaturated/α-hetero) is 1. The Labute approximate surface area is 148 Å². The lowest BCUT2D eigenvalue weighted by molar-refractivity contribution is 0.0976. The van der Waals surface area contributed by atoms with E-state index in [4.69, 9.17) is 4.74 Å². The number of methoxy groups -OCH3 is 1. The van der Waals surface area contributed by atoms with Gasteiger partial charge in [0.1, 0.15) is 5.75 Å². The van der Waals surface area contributed by atoms with Crippen molar-refractivity contribution in [2.75, 3.05) is 12.4 Å². The lowest BCUT2D eigenvalue weighted by Gasteiger charge is -2.20. The summed E-state index contributed by atoms with van der Waals surface area (Å²) >= 11 is 0. The van der Waals surface area contributed by atoms with E-state index in [2.05, 4.69) is 5.32 Å². The molecule has 0 aliphatic heterocycles. The summed E-state index contributed by atoms with van der Waals surface area (Å²) in [5, 5.41) is 3.47. The van der Waals surface area contributed by atoms with E-state index in [0.717, 1.165) is 22.6 Å². The highest BCUT2D eigenvalue weighted by atomic mass is 16.5. The van der Waals surface area contributed by atoms with Gasteiger partial charge in [-0.3, -0.25) is 4.79 Å². The highest BCUT2D eigenvalue weighted by Crippen LogP contribution is 2.26. The fraction of sp³-hybridized carbons (Fsp3) is 0.136. The van der Waals surface area contributed by atoms with E-state index in [1.165, 1.54) is 0 Å². The molecule has 0 heterocycles. The predicted molar refractivity (Wildman–Crippen MR) is 101 cm³/mol. The van der Waals surface area contributed by atoms with Crippen LogP contribution in [-0.4, -0.2) is 12.9 Å². The third kappa shape index (κ3) is 4.48. The van der Waals surface area contributed by atoms with Crippen LogP contribution in [0.15, 0.2) is 84.9 Å². The number of benzene rings is 3. The Morgan fingerprint density at radius 2 is 1.48 bits per heavy atom. The Bertz CT molecular complexity index is 798. The molecule has 0 aromatic heterocycles. The molecule has 0 fully saturated rings. The normalized spacial score (nSPS) is 11.6. The van der Waals surface area contributed by atoms with Gasteiger partial charge < -0.3 is 10.1 Å². The van der Waals surface area contributed by atoms with Crippen molar-refractivity contribution in [1.82, 2.24) is 0 Å². The van der Waals surface area contributed by atoms with Crippen LogP contribution in [0.4, 0.5) is 5.69 Å². The van der Waals surface area contributed by atoms with Gasteiger partial charge in [0.15, 0.2) is 5.78 Å². The van der Waals surface area contributed by atoms with Gasteiger partial charge in [-0.15, -0.1) is 0 Å². The molecule has 0 unspecified atom stereocenters. The van der Waals surface area contributed by atoms with Crippen LogP contribution < -0.4 is 10.1 Å². The van der Waals surface area contributed by atoms with Crippen molar-refractivity contribution in [2.45, 2.75) is 12.5 Å². The van der Waals surface area contributed by atoms with E-state index in [1.54, 1.807) is 7.11 Å². The van der Waals surface area contributed by atoms with E-state index in [9.17, 15) is 4.79 Å². The lowest BCUT2D eigenvalue weighted by Crippen LogP contribution is -2.15. The van der Waals surface area contributed by atoms with Crippen molar-refractivity contribution in [3.8, 4) is 5.75 Å². The maximum Gasteiger partial charge on any atom is 0.165 e. The molecule has 25 heavy (non-hydrogen) atoms. The quantitative estimate of drug-likeness (QED) is 0.611. The van der Waals surface area contributed by atoms with Crippen molar-refractivity contribution >= 4 is 11.5 Å². The zero-order valence-electron chi connectivity index (χ0n) is 14.2. The molecule has 3 heteroatoms. The van der Waals surface area contributed by atoms with Crippen LogP contribution >= 0.6 is 0 Å². The predicted octanol–water partition coefficient (Wildman–Crippen LogP) is 5.12. The zero-order valence-corrected chi connectivity index (χ0v) is 14.2. The molecule has 0 bridgehead atoms. The first kappa shape index (κ1) is 16.8. The highest BCUT2D eigenvalue weighted by molar-refractivity contribution is 5.96. The summed E-state index contributed by atoms with van der Waals surface area (Å²) in [7, 11) is 1.65. The van der Waals surface area contributed by atoms with E-state index < -0.39 is 0 Å². The van der Waals surface area contributed by atoms with Crippen molar-refractivity contribution in [3.05, 3.63) is 96.1 Å². The molecular formula is C22H21NO2. The van der Waals surface area contributed by atoms with Crippen LogP contribution in [0, 0.1) is 0 Å². The first-order valence-electron chi connectivity index (χ1n) is 8.30. The average molecular weight is 331 g/mol. The number of ether oxygens (including phenoxy) is 1. The van der Waals surface area contributed by atoms with E-state index in [1.807, 2.05) is 84.9 Å². The molecule has 0 aliphatic rings. The topological polar surface area (TPSA) is 38.3 Å². The largest absolute Gasteiger partial charge is 0.497 e. The van der Waals surface area contributed by atoms with Gasteiger partial charge in [0.2, 0.25) is 0 Å². The molecule has 3 aromatic carbocycles. The Morgan fingerprint density at radius 1 is 0.880 bits per heavy atom. The van der Waals surface area contributed by atoms with Gasteiger partial charge in [0.25, 0.3) is 0 Å². The minimum atomic E-state index is -0.110. The number of rotatable bonds is 7. The summed E-state index contributed by atoms with van der Waals surface area (Å²) in [6.07, 6.45) is 0.380. The zero-order chi connectivity index (χ0) is 17.5. The van der Waals surface area contributed by atoms with E-state index in [0.29, 0.717) is 6.42 Å². The minimum absolute atomic E-state index is 0.110. The van der Waals surface area contributed by atoms with Gasteiger partial charge in [-0.05, 0) is 29.8 Å². The number of hydrogen-bond acceptors (Lipinski definition) is 3. The van der Waals surface area contributed by atoms with Gasteiger partial charge in [-0.2, -0.15) is 0 Å². The van der Waals surface area contributed by atoms with Crippen LogP contribution in [0.25, 0.3) is 0 Å². The van der Waals surface area contributed by atoms with Crippen LogP contribution in [0.5, 0.6) is 5.75 Å². The Hall–Kier alpha value is -3.07. The van der Waals surface area contributed by atoms with Crippen molar-refractivity contribution in [3.63, 3.8) is 0 Å². The molecular weight excluding hydrogens is 310 g/mol. The molecule has 0 spiro atoms. The first-order chi connectivity index (χ1) is 12.3. The summed E-state index contributed by atoms with van der Waals surface area (Å²) in [6, 6.07) is 27.1. The number of ketones is 1. The monoisotopic (exact) mass is 331 g/mol. The number of hydrogen-bond donors (Lipinski definition) is 1. The molecule has 0 aliphatic carbocycles. The number of carbonyl (C=O) groups is 1. The summed E-state index contributed by atoms with van der Waals surface area (Å²) < 4.78 is 5.23. The van der Waals surface area contributed by atoms with Gasteiger partial charge in [-0.25, -0.2) is 0 Å². The second-order valence-corrected chi connectivity index (χ2v) is 5.83. The van der Waals surface area contributed by atoms with Gasteiger partial charge in [0, 0.05) is 17.7 Å². The fourth-order valence-electron chi connectivity index (χ4n) is 2.75. The fourth-order valence-corrected chi connectivity index (χ4v) is 2.75. The summed E-state index contributed by atoms with van der Waals surface area (Å²) in [4.78, 5) is 12.7. The number of carbonyl (C=O) groups excluding carboxylic acids is 1. The van der Waals surface area contributed by atoms with Gasteiger partial charge >= 0.3 is 0 Å². The molecule has 1 N–H and O–H groups in total. The van der Waals surface area contributed by atoms with Crippen LogP contribution in [-0.2, 0) is 0 Å². The molecule has 3 nitrogen and oxygen atoms in total. The minimum Gasteiger partial charge on any atom is -0.497 e. The van der Waals surface area contributed by atoms with Crippen LogP contribution in [0.1, 0.15) is 28.4 Å². The van der Waals surface area contributed by atoms with E-state index in [-0.39, 0.29) is 11.8 Å². The molecule has 0 saturated heterocycles. The van der Waals surface area contributed by atoms with Crippen molar-refractivity contribution in [2.24, 2.45) is 0 Å². The molecule has 3 aromatic rings. The highest BCUT2D eigenvalue weighted by Gasteiger charge is 2.17. The molecule has 0 amide bonds. The van der Waals surface area contributed by atoms with Gasteiger partial charge in [-0.1, -0.05) is 60.7 Å². The molecule has 0 saturated carbocycles. The van der Waals surface area contributed by atoms with Crippen LogP contribution in [0.2, 0.25) is 0 Å². The third-order valence-electron chi connectivity index (χ3n) is 4.12. The van der Waals surface area contributed by atoms with E-state index >= 15 is 0 Å². The lowest BCUT2D eigenvalue weighted by atomic mass is 9.97. The third-order valence-corrected chi connectivity index (χ3v) is 4.12.